The Labute approximate surface area is 453 Å². The van der Waals surface area contributed by atoms with E-state index >= 15 is 0 Å². The summed E-state index contributed by atoms with van der Waals surface area (Å²) in [7, 11) is 0. The molecule has 0 fully saturated rings. The fourth-order valence-electron chi connectivity index (χ4n) is 9.65. The monoisotopic (exact) mass is 934 g/mol. The highest BCUT2D eigenvalue weighted by Gasteiger charge is 2.49. The molecule has 7 heteroatoms. The number of anilines is 9. The van der Waals surface area contributed by atoms with Crippen LogP contribution in [0.5, 0.6) is 0 Å². The third-order valence-electron chi connectivity index (χ3n) is 12.2. The molecule has 0 unspecified atom stereocenters. The summed E-state index contributed by atoms with van der Waals surface area (Å²) >= 11 is 0.503. The van der Waals surface area contributed by atoms with Gasteiger partial charge in [-0.25, -0.2) is 0 Å². The molecule has 6 heterocycles. The van der Waals surface area contributed by atoms with E-state index in [4.69, 9.17) is 22.2 Å². The number of aromatic nitrogens is 1. The third-order valence-corrected chi connectivity index (χ3v) is 13.2. The van der Waals surface area contributed by atoms with Gasteiger partial charge in [0, 0.05) is 59.1 Å². The SMILES string of the molecule is [2H]c1c([2H])c([2H])c(-c2c([2H])c([2H])c3oc4c(c3c2[2H])N(c2c([2H])c([2H])c([2H])c3sc5c([2H])c([2H])c([2H])c([2H])c5c23)c2c([2H])c(N(c3c([2H])c([2H])c([2H])c([2H])c3[2H])c3c([2H])c([2H])c([2H])c([2H])c3[2H])c([2H])c3c2B4c2c([2H])c([2H])c([2H])c4c2N3c2c([2H])c([2H])c([2H])c3c5c([2H])c([2H])c([2H])c([2H])c5n-4c23)c([2H])c1[2H]. The molecule has 0 N–H and O–H groups in total. The third kappa shape index (κ3) is 5.04. The van der Waals surface area contributed by atoms with Gasteiger partial charge in [-0.3, -0.25) is 0 Å². The first-order valence-electron chi connectivity index (χ1n) is 39.1. The zero-order valence-corrected chi connectivity index (χ0v) is 35.0. The molecule has 0 spiro atoms. The van der Waals surface area contributed by atoms with Gasteiger partial charge in [0.2, 0.25) is 0 Å². The van der Waals surface area contributed by atoms with E-state index in [1.54, 1.807) is 0 Å². The lowest BCUT2D eigenvalue weighted by atomic mass is 9.35. The molecule has 10 aromatic carbocycles. The molecule has 0 radical (unpaired) electrons. The number of benzene rings is 10. The second-order valence-electron chi connectivity index (χ2n) is 15.6. The lowest BCUT2D eigenvalue weighted by Gasteiger charge is -2.45. The first-order chi connectivity index (χ1) is 49.7. The van der Waals surface area contributed by atoms with Crippen molar-refractivity contribution < 1.29 is 55.1 Å². The standard InChI is InChI=1S/C62H37BN4OS/c1-4-17-38(18-5-1)39-33-34-54-46(35-39)60-62(68-54)63-47-26-15-30-51-61(47)67(50-29-14-25-44-43-23-10-12-27-48(43)65(51)59(44)50)53-37-42(64(40-19-6-2-7-20-40)41-21-8-3-9-22-41)36-52(58(53)63)66(60)49-28-16-32-56-57(49)45-24-11-13-31-55(45)69-56/h1-37H/i1D,2D,3D,4D,5D,6D,7D,8D,9D,10D,11D,12D,13D,14D,15D,16D,17D,18D,19D,20D,21D,22D,23D,24D,25D,26D,27D,28D,29D,30D,31D,32D,33D,34D,35D,36D,37D. The molecule has 3 aliphatic rings. The largest absolute Gasteiger partial charge is 0.468 e. The molecule has 0 bridgehead atoms. The van der Waals surface area contributed by atoms with E-state index in [1.165, 1.54) is 0 Å². The average molecular weight is 934 g/mol. The van der Waals surface area contributed by atoms with Crippen LogP contribution in [0, 0.1) is 0 Å². The molecule has 0 amide bonds. The Morgan fingerprint density at radius 1 is 0.449 bits per heavy atom. The maximum Gasteiger partial charge on any atom is 0.297 e. The molecule has 0 atom stereocenters. The van der Waals surface area contributed by atoms with Gasteiger partial charge < -0.3 is 23.7 Å². The van der Waals surface area contributed by atoms with Crippen LogP contribution in [-0.2, 0) is 0 Å². The minimum atomic E-state index is -2.25. The van der Waals surface area contributed by atoms with Crippen molar-refractivity contribution in [3.8, 4) is 16.8 Å². The zero-order valence-electron chi connectivity index (χ0n) is 71.2. The molecule has 0 saturated carbocycles. The molecule has 5 nitrogen and oxygen atoms in total. The number of para-hydroxylation sites is 5. The van der Waals surface area contributed by atoms with Gasteiger partial charge in [0.1, 0.15) is 5.58 Å². The van der Waals surface area contributed by atoms with Gasteiger partial charge >= 0.3 is 0 Å². The zero-order chi connectivity index (χ0) is 77.1. The summed E-state index contributed by atoms with van der Waals surface area (Å²) in [5.41, 5.74) is -15.0. The number of hydrogen-bond acceptors (Lipinski definition) is 5. The van der Waals surface area contributed by atoms with Crippen molar-refractivity contribution in [1.82, 2.24) is 4.57 Å². The number of hydrogen-bond donors (Lipinski definition) is 0. The van der Waals surface area contributed by atoms with Crippen molar-refractivity contribution in [3.63, 3.8) is 0 Å². The molecule has 0 saturated heterocycles. The Morgan fingerprint density at radius 3 is 1.87 bits per heavy atom. The van der Waals surface area contributed by atoms with E-state index < -0.39 is 363 Å². The van der Waals surface area contributed by atoms with Gasteiger partial charge in [-0.1, -0.05) is 139 Å². The quantitative estimate of drug-likeness (QED) is 0.161. The van der Waals surface area contributed by atoms with Crippen LogP contribution in [0.2, 0.25) is 0 Å². The summed E-state index contributed by atoms with van der Waals surface area (Å²) in [6.45, 7) is -2.25. The predicted octanol–water partition coefficient (Wildman–Crippen LogP) is 15.4. The molecule has 0 aliphatic carbocycles. The van der Waals surface area contributed by atoms with Gasteiger partial charge in [-0.2, -0.15) is 0 Å². The molecule has 320 valence electrons. The van der Waals surface area contributed by atoms with Gasteiger partial charge in [-0.15, -0.1) is 11.3 Å². The van der Waals surface area contributed by atoms with E-state index in [1.807, 2.05) is 0 Å². The minimum absolute atomic E-state index is 0.343. The summed E-state index contributed by atoms with van der Waals surface area (Å²) < 4.78 is 359. The molecule has 69 heavy (non-hydrogen) atoms. The summed E-state index contributed by atoms with van der Waals surface area (Å²) in [6.07, 6.45) is 0. The normalized spacial score (nSPS) is 20.6. The topological polar surface area (TPSA) is 27.8 Å². The second-order valence-corrected chi connectivity index (χ2v) is 16.6. The Hall–Kier alpha value is -8.78. The van der Waals surface area contributed by atoms with Gasteiger partial charge in [0.05, 0.1) is 102 Å². The number of furan rings is 1. The maximum absolute atomic E-state index is 11.3. The molecule has 16 rings (SSSR count). The highest BCUT2D eigenvalue weighted by molar-refractivity contribution is 7.26. The Morgan fingerprint density at radius 2 is 1.07 bits per heavy atom. The summed E-state index contributed by atoms with van der Waals surface area (Å²) in [5, 5.41) is -2.95. The van der Waals surface area contributed by atoms with E-state index in [-0.39, 0.29) is 4.70 Å². The second kappa shape index (κ2) is 13.9. The Balaban J connectivity index is 1.26. The van der Waals surface area contributed by atoms with Gasteiger partial charge in [-0.05, 0) is 107 Å². The molecular formula is C62H37BN4OS. The average Bonchev–Trinajstić information content (AvgIpc) is 1.30. The molecule has 13 aromatic rings. The maximum atomic E-state index is 11.3. The van der Waals surface area contributed by atoms with Crippen molar-refractivity contribution in [3.05, 3.63) is 224 Å². The van der Waals surface area contributed by atoms with Crippen LogP contribution in [0.15, 0.2) is 228 Å². The highest BCUT2D eigenvalue weighted by Crippen LogP contribution is 2.56. The van der Waals surface area contributed by atoms with Crippen LogP contribution in [0.4, 0.5) is 51.2 Å². The number of rotatable bonds is 5. The van der Waals surface area contributed by atoms with Crippen LogP contribution in [0.25, 0.3) is 69.8 Å². The van der Waals surface area contributed by atoms with Gasteiger partial charge in [0.15, 0.2) is 0 Å². The Kier molecular flexibility index (Phi) is 3.38. The molecule has 3 aliphatic heterocycles. The van der Waals surface area contributed by atoms with Crippen LogP contribution < -0.4 is 31.3 Å². The highest BCUT2D eigenvalue weighted by atomic mass is 32.1. The van der Waals surface area contributed by atoms with Crippen molar-refractivity contribution in [2.75, 3.05) is 14.7 Å². The molecular weight excluding hydrogens is 860 g/mol. The van der Waals surface area contributed by atoms with Crippen molar-refractivity contribution >= 4 is 139 Å². The van der Waals surface area contributed by atoms with Crippen LogP contribution in [0.3, 0.4) is 0 Å². The summed E-state index contributed by atoms with van der Waals surface area (Å²) in [4.78, 5) is 2.05. The molecule has 3 aromatic heterocycles. The van der Waals surface area contributed by atoms with Crippen LogP contribution in [0.1, 0.15) is 50.7 Å². The lowest BCUT2D eigenvalue weighted by Crippen LogP contribution is -2.61. The van der Waals surface area contributed by atoms with Gasteiger partial charge in [0.25, 0.3) is 6.71 Å². The fourth-order valence-corrected chi connectivity index (χ4v) is 10.6. The Bertz CT molecular complexity index is 6390. The smallest absolute Gasteiger partial charge is 0.297 e. The van der Waals surface area contributed by atoms with E-state index in [2.05, 4.69) is 0 Å². The number of fused-ring (bicyclic) bond motifs is 14. The number of thiophene rings is 1. The van der Waals surface area contributed by atoms with Crippen molar-refractivity contribution in [1.29, 1.82) is 0 Å². The van der Waals surface area contributed by atoms with Crippen molar-refractivity contribution in [2.45, 2.75) is 0 Å². The first kappa shape index (κ1) is 16.8. The predicted molar refractivity (Wildman–Crippen MR) is 291 cm³/mol. The van der Waals surface area contributed by atoms with Crippen LogP contribution >= 0.6 is 11.3 Å². The summed E-state index contributed by atoms with van der Waals surface area (Å²) in [5.74, 6) is 0. The van der Waals surface area contributed by atoms with E-state index in [0.29, 0.717) is 16.2 Å². The van der Waals surface area contributed by atoms with E-state index in [9.17, 15) is 32.9 Å². The lowest BCUT2D eigenvalue weighted by molar-refractivity contribution is 0.651. The fraction of sp³-hybridized carbons (Fsp3) is 0. The summed E-state index contributed by atoms with van der Waals surface area (Å²) in [6, 6.07) is -38.6. The van der Waals surface area contributed by atoms with E-state index in [0.717, 1.165) is 14.4 Å². The first-order valence-corrected chi connectivity index (χ1v) is 21.4. The minimum Gasteiger partial charge on any atom is -0.468 e. The van der Waals surface area contributed by atoms with Crippen molar-refractivity contribution in [2.24, 2.45) is 0 Å². The van der Waals surface area contributed by atoms with Crippen LogP contribution in [-0.4, -0.2) is 11.3 Å². The number of nitrogens with zero attached hydrogens (tertiary/aromatic N) is 4.